The van der Waals surface area contributed by atoms with Gasteiger partial charge in [-0.25, -0.2) is 14.6 Å². The van der Waals surface area contributed by atoms with Crippen LogP contribution in [0.2, 0.25) is 0 Å². The number of carbonyl (C=O) groups excluding carboxylic acids is 3. The van der Waals surface area contributed by atoms with Crippen LogP contribution in [-0.2, 0) is 9.53 Å². The molecule has 2 N–H and O–H groups in total. The van der Waals surface area contributed by atoms with E-state index in [-0.39, 0.29) is 0 Å². The van der Waals surface area contributed by atoms with Crippen molar-refractivity contribution < 1.29 is 19.1 Å². The van der Waals surface area contributed by atoms with E-state index in [9.17, 15) is 14.4 Å². The van der Waals surface area contributed by atoms with Crippen LogP contribution < -0.4 is 15.5 Å². The lowest BCUT2D eigenvalue weighted by molar-refractivity contribution is -0.123. The summed E-state index contributed by atoms with van der Waals surface area (Å²) in [6, 6.07) is 14.0. The van der Waals surface area contributed by atoms with Crippen molar-refractivity contribution in [1.82, 2.24) is 10.3 Å². The first kappa shape index (κ1) is 22.3. The van der Waals surface area contributed by atoms with Crippen LogP contribution in [0.15, 0.2) is 48.5 Å². The number of nitrogens with one attached hydrogen (secondary N) is 2. The van der Waals surface area contributed by atoms with Gasteiger partial charge in [0.1, 0.15) is 11.4 Å². The molecule has 1 saturated heterocycles. The highest BCUT2D eigenvalue weighted by atomic mass is 16.5. The van der Waals surface area contributed by atoms with E-state index in [1.807, 2.05) is 50.2 Å². The van der Waals surface area contributed by atoms with Gasteiger partial charge in [-0.3, -0.25) is 10.1 Å². The number of fused-ring (bicyclic) bond motifs is 1. The van der Waals surface area contributed by atoms with E-state index >= 15 is 0 Å². The summed E-state index contributed by atoms with van der Waals surface area (Å²) in [7, 11) is 0. The van der Waals surface area contributed by atoms with Crippen LogP contribution >= 0.6 is 0 Å². The molecule has 0 atom stereocenters. The second-order valence-electron chi connectivity index (χ2n) is 8.12. The molecule has 8 nitrogen and oxygen atoms in total. The van der Waals surface area contributed by atoms with Crippen LogP contribution in [-0.4, -0.2) is 42.6 Å². The predicted octanol–water partition coefficient (Wildman–Crippen LogP) is 3.96. The maximum Gasteiger partial charge on any atom is 0.342 e. The van der Waals surface area contributed by atoms with Crippen LogP contribution in [0.4, 0.5) is 16.3 Å². The number of amides is 3. The SMILES string of the molecule is Cc1ccc(NC(=O)NC(=O)COC(=O)c2cc3ccccc3nc2N2CCCC2)cc1C. The third-order valence-corrected chi connectivity index (χ3v) is 5.68. The zero-order valence-corrected chi connectivity index (χ0v) is 18.7. The number of ether oxygens (including phenoxy) is 1. The van der Waals surface area contributed by atoms with Crippen molar-refractivity contribution in [2.24, 2.45) is 0 Å². The molecule has 2 heterocycles. The summed E-state index contributed by atoms with van der Waals surface area (Å²) in [6.07, 6.45) is 2.06. The van der Waals surface area contributed by atoms with E-state index in [0.717, 1.165) is 48.0 Å². The fourth-order valence-electron chi connectivity index (χ4n) is 3.78. The summed E-state index contributed by atoms with van der Waals surface area (Å²) in [5.74, 6) is -0.815. The Hall–Kier alpha value is -3.94. The van der Waals surface area contributed by atoms with Crippen molar-refractivity contribution in [1.29, 1.82) is 0 Å². The Morgan fingerprint density at radius 1 is 1.00 bits per heavy atom. The molecule has 8 heteroatoms. The highest BCUT2D eigenvalue weighted by molar-refractivity contribution is 6.03. The van der Waals surface area contributed by atoms with Gasteiger partial charge in [0.15, 0.2) is 6.61 Å². The lowest BCUT2D eigenvalue weighted by Crippen LogP contribution is -2.37. The Balaban J connectivity index is 1.40. The largest absolute Gasteiger partial charge is 0.452 e. The molecule has 170 valence electrons. The molecule has 0 saturated carbocycles. The molecule has 0 radical (unpaired) electrons. The number of benzene rings is 2. The number of carbonyl (C=O) groups is 3. The van der Waals surface area contributed by atoms with E-state index in [2.05, 4.69) is 20.5 Å². The minimum atomic E-state index is -0.721. The van der Waals surface area contributed by atoms with Gasteiger partial charge >= 0.3 is 12.0 Å². The van der Waals surface area contributed by atoms with E-state index in [0.29, 0.717) is 17.1 Å². The van der Waals surface area contributed by atoms with Crippen molar-refractivity contribution in [2.75, 3.05) is 29.9 Å². The molecular formula is C25H26N4O4. The minimum Gasteiger partial charge on any atom is -0.452 e. The van der Waals surface area contributed by atoms with Gasteiger partial charge in [0.25, 0.3) is 5.91 Å². The van der Waals surface area contributed by atoms with Gasteiger partial charge in [0.05, 0.1) is 5.52 Å². The molecule has 0 bridgehead atoms. The monoisotopic (exact) mass is 446 g/mol. The molecule has 1 aliphatic heterocycles. The van der Waals surface area contributed by atoms with E-state index < -0.39 is 24.5 Å². The molecule has 1 fully saturated rings. The van der Waals surface area contributed by atoms with Crippen LogP contribution in [0, 0.1) is 13.8 Å². The predicted molar refractivity (Wildman–Crippen MR) is 127 cm³/mol. The summed E-state index contributed by atoms with van der Waals surface area (Å²) in [6.45, 7) is 4.94. The lowest BCUT2D eigenvalue weighted by atomic mass is 10.1. The number of anilines is 2. The normalized spacial score (nSPS) is 13.1. The molecule has 0 aliphatic carbocycles. The van der Waals surface area contributed by atoms with Crippen LogP contribution in [0.1, 0.15) is 34.3 Å². The number of imide groups is 1. The Morgan fingerprint density at radius 2 is 1.76 bits per heavy atom. The summed E-state index contributed by atoms with van der Waals surface area (Å²) in [5.41, 5.74) is 3.78. The molecule has 4 rings (SSSR count). The topological polar surface area (TPSA) is 101 Å². The number of aryl methyl sites for hydroxylation is 2. The van der Waals surface area contributed by atoms with Crippen LogP contribution in [0.3, 0.4) is 0 Å². The second-order valence-corrected chi connectivity index (χ2v) is 8.12. The van der Waals surface area contributed by atoms with Gasteiger partial charge in [-0.15, -0.1) is 0 Å². The van der Waals surface area contributed by atoms with E-state index in [1.165, 1.54) is 0 Å². The van der Waals surface area contributed by atoms with E-state index in [1.54, 1.807) is 12.1 Å². The van der Waals surface area contributed by atoms with Crippen molar-refractivity contribution >= 4 is 40.3 Å². The zero-order chi connectivity index (χ0) is 23.4. The Bertz CT molecular complexity index is 1220. The Morgan fingerprint density at radius 3 is 2.52 bits per heavy atom. The highest BCUT2D eigenvalue weighted by Crippen LogP contribution is 2.27. The molecule has 3 aromatic rings. The number of hydrogen-bond acceptors (Lipinski definition) is 6. The first-order valence-electron chi connectivity index (χ1n) is 10.9. The quantitative estimate of drug-likeness (QED) is 0.576. The minimum absolute atomic E-state index is 0.308. The fraction of sp³-hybridized carbons (Fsp3) is 0.280. The van der Waals surface area contributed by atoms with Crippen molar-refractivity contribution in [3.05, 3.63) is 65.2 Å². The zero-order valence-electron chi connectivity index (χ0n) is 18.7. The van der Waals surface area contributed by atoms with Gasteiger partial charge in [0, 0.05) is 24.2 Å². The average molecular weight is 447 g/mol. The molecule has 1 aromatic heterocycles. The van der Waals surface area contributed by atoms with Crippen molar-refractivity contribution in [3.8, 4) is 0 Å². The van der Waals surface area contributed by atoms with Crippen LogP contribution in [0.25, 0.3) is 10.9 Å². The number of hydrogen-bond donors (Lipinski definition) is 2. The Labute approximate surface area is 191 Å². The molecule has 2 aromatic carbocycles. The van der Waals surface area contributed by atoms with Crippen molar-refractivity contribution in [3.63, 3.8) is 0 Å². The smallest absolute Gasteiger partial charge is 0.342 e. The Kier molecular flexibility index (Phi) is 6.53. The van der Waals surface area contributed by atoms with Gasteiger partial charge in [-0.05, 0) is 62.1 Å². The van der Waals surface area contributed by atoms with Crippen molar-refractivity contribution in [2.45, 2.75) is 26.7 Å². The first-order chi connectivity index (χ1) is 15.9. The number of rotatable bonds is 5. The molecular weight excluding hydrogens is 420 g/mol. The van der Waals surface area contributed by atoms with E-state index in [4.69, 9.17) is 4.74 Å². The number of esters is 1. The summed E-state index contributed by atoms with van der Waals surface area (Å²) >= 11 is 0. The standard InChI is InChI=1S/C25H26N4O4/c1-16-9-10-19(13-17(16)2)26-25(32)28-22(30)15-33-24(31)20-14-18-7-3-4-8-21(18)27-23(20)29-11-5-6-12-29/h3-4,7-10,13-14H,5-6,11-12,15H2,1-2H3,(H2,26,28,30,32). The number of aromatic nitrogens is 1. The summed E-state index contributed by atoms with van der Waals surface area (Å²) < 4.78 is 5.23. The van der Waals surface area contributed by atoms with Gasteiger partial charge in [-0.1, -0.05) is 24.3 Å². The number of para-hydroxylation sites is 1. The molecule has 33 heavy (non-hydrogen) atoms. The maximum atomic E-state index is 12.8. The first-order valence-corrected chi connectivity index (χ1v) is 10.9. The average Bonchev–Trinajstić information content (AvgIpc) is 3.34. The van der Waals surface area contributed by atoms with Gasteiger partial charge < -0.3 is 15.0 Å². The number of pyridine rings is 1. The third-order valence-electron chi connectivity index (χ3n) is 5.68. The number of urea groups is 1. The summed E-state index contributed by atoms with van der Waals surface area (Å²) in [4.78, 5) is 43.9. The van der Waals surface area contributed by atoms with Gasteiger partial charge in [-0.2, -0.15) is 0 Å². The fourth-order valence-corrected chi connectivity index (χ4v) is 3.78. The molecule has 0 unspecified atom stereocenters. The third kappa shape index (κ3) is 5.28. The summed E-state index contributed by atoms with van der Waals surface area (Å²) in [5, 5.41) is 5.58. The molecule has 0 spiro atoms. The molecule has 1 aliphatic rings. The van der Waals surface area contributed by atoms with Crippen LogP contribution in [0.5, 0.6) is 0 Å². The highest BCUT2D eigenvalue weighted by Gasteiger charge is 2.23. The maximum absolute atomic E-state index is 12.8. The molecule has 3 amide bonds. The second kappa shape index (κ2) is 9.68. The number of nitrogens with zero attached hydrogens (tertiary/aromatic N) is 2. The lowest BCUT2D eigenvalue weighted by Gasteiger charge is -2.20. The van der Waals surface area contributed by atoms with Gasteiger partial charge in [0.2, 0.25) is 0 Å².